The van der Waals surface area contributed by atoms with E-state index in [-0.39, 0.29) is 23.8 Å². The van der Waals surface area contributed by atoms with Crippen molar-refractivity contribution in [2.75, 3.05) is 78.8 Å². The summed E-state index contributed by atoms with van der Waals surface area (Å²) in [7, 11) is 3.13. The molecule has 3 heterocycles. The van der Waals surface area contributed by atoms with E-state index in [1.807, 2.05) is 18.7 Å². The normalized spacial score (nSPS) is 15.7. The summed E-state index contributed by atoms with van der Waals surface area (Å²) in [6.45, 7) is 7.80. The van der Waals surface area contributed by atoms with Gasteiger partial charge in [-0.05, 0) is 37.7 Å². The molecule has 0 atom stereocenters. The number of nitrogens with one attached hydrogen (secondary N) is 2. The number of likely N-dealkylation sites (N-methyl/N-ethyl adjacent to an activating group) is 1. The number of hydrogen-bond acceptors (Lipinski definition) is 8. The molecule has 14 heteroatoms. The molecule has 0 aliphatic carbocycles. The van der Waals surface area contributed by atoms with Crippen molar-refractivity contribution >= 4 is 40.8 Å². The second-order valence-corrected chi connectivity index (χ2v) is 10.5. The highest BCUT2D eigenvalue weighted by Gasteiger charge is 2.34. The molecule has 11 nitrogen and oxygen atoms in total. The van der Waals surface area contributed by atoms with Crippen LogP contribution in [0.2, 0.25) is 0 Å². The fraction of sp³-hybridized carbons (Fsp3) is 0.400. The zero-order valence-electron chi connectivity index (χ0n) is 25.0. The lowest BCUT2D eigenvalue weighted by Crippen LogP contribution is -2.48. The summed E-state index contributed by atoms with van der Waals surface area (Å²) < 4.78 is 47.1. The predicted molar refractivity (Wildman–Crippen MR) is 163 cm³/mol. The van der Waals surface area contributed by atoms with Gasteiger partial charge in [-0.2, -0.15) is 18.2 Å². The van der Waals surface area contributed by atoms with Crippen LogP contribution in [-0.2, 0) is 12.7 Å². The maximum absolute atomic E-state index is 13.9. The van der Waals surface area contributed by atoms with Crippen LogP contribution in [0.1, 0.15) is 35.3 Å². The van der Waals surface area contributed by atoms with Crippen molar-refractivity contribution in [3.8, 4) is 5.75 Å². The molecule has 2 aliphatic rings. The molecule has 3 aromatic rings. The third-order valence-electron chi connectivity index (χ3n) is 7.82. The molecule has 0 bridgehead atoms. The van der Waals surface area contributed by atoms with Crippen molar-refractivity contribution in [3.63, 3.8) is 0 Å². The van der Waals surface area contributed by atoms with Gasteiger partial charge in [-0.25, -0.2) is 9.78 Å². The van der Waals surface area contributed by atoms with Gasteiger partial charge in [-0.1, -0.05) is 6.92 Å². The van der Waals surface area contributed by atoms with Crippen molar-refractivity contribution < 1.29 is 27.5 Å². The molecule has 2 aromatic carbocycles. The van der Waals surface area contributed by atoms with Gasteiger partial charge in [0, 0.05) is 80.6 Å². The Kier molecular flexibility index (Phi) is 8.81. The van der Waals surface area contributed by atoms with E-state index in [2.05, 4.69) is 25.5 Å². The van der Waals surface area contributed by atoms with Crippen molar-refractivity contribution in [1.29, 1.82) is 0 Å². The number of carbonyl (C=O) groups excluding carboxylic acids is 2. The molecule has 0 unspecified atom stereocenters. The lowest BCUT2D eigenvalue weighted by molar-refractivity contribution is -0.137. The Morgan fingerprint density at radius 3 is 2.39 bits per heavy atom. The van der Waals surface area contributed by atoms with Crippen molar-refractivity contribution in [3.05, 3.63) is 59.3 Å². The molecule has 1 fully saturated rings. The standard InChI is InChI=1S/C30H35F3N8O3/c1-5-38-7-9-39(10-8-38)23-12-19(11-21(13-23)30(31,32)33)27(42)36-22-14-24(16-25(15-22)44-4)41-18-20-17-35-28(34-3)37-26(20)40(6-2)29(41)43/h11-17H,5-10,18H2,1-4H3,(H,36,42)(H,34,35,37). The van der Waals surface area contributed by atoms with Crippen LogP contribution in [0.15, 0.2) is 42.6 Å². The van der Waals surface area contributed by atoms with E-state index in [0.717, 1.165) is 37.3 Å². The Morgan fingerprint density at radius 1 is 1.00 bits per heavy atom. The number of fused-ring (bicyclic) bond motifs is 1. The van der Waals surface area contributed by atoms with Gasteiger partial charge in [0.25, 0.3) is 5.91 Å². The predicted octanol–water partition coefficient (Wildman–Crippen LogP) is 4.91. The van der Waals surface area contributed by atoms with Gasteiger partial charge < -0.3 is 25.2 Å². The average molecular weight is 613 g/mol. The van der Waals surface area contributed by atoms with Gasteiger partial charge in [0.15, 0.2) is 0 Å². The number of alkyl halides is 3. The lowest BCUT2D eigenvalue weighted by atomic mass is 10.1. The molecular formula is C30H35F3N8O3. The molecule has 2 N–H and O–H groups in total. The third-order valence-corrected chi connectivity index (χ3v) is 7.82. The summed E-state index contributed by atoms with van der Waals surface area (Å²) in [6.07, 6.45) is -2.99. The second kappa shape index (κ2) is 12.6. The van der Waals surface area contributed by atoms with Crippen molar-refractivity contribution in [2.45, 2.75) is 26.6 Å². The number of aromatic nitrogens is 2. The van der Waals surface area contributed by atoms with Gasteiger partial charge >= 0.3 is 12.2 Å². The number of hydrogen-bond donors (Lipinski definition) is 2. The molecular weight excluding hydrogens is 577 g/mol. The topological polar surface area (TPSA) is 106 Å². The zero-order valence-corrected chi connectivity index (χ0v) is 25.0. The molecule has 44 heavy (non-hydrogen) atoms. The van der Waals surface area contributed by atoms with E-state index < -0.39 is 17.6 Å². The second-order valence-electron chi connectivity index (χ2n) is 10.5. The molecule has 3 amide bonds. The number of methoxy groups -OCH3 is 1. The molecule has 0 saturated carbocycles. The Labute approximate surface area is 253 Å². The van der Waals surface area contributed by atoms with Crippen molar-refractivity contribution in [1.82, 2.24) is 14.9 Å². The minimum absolute atomic E-state index is 0.130. The van der Waals surface area contributed by atoms with Crippen molar-refractivity contribution in [2.24, 2.45) is 0 Å². The van der Waals surface area contributed by atoms with Crippen LogP contribution in [0, 0.1) is 0 Å². The molecule has 5 rings (SSSR count). The van der Waals surface area contributed by atoms with Crippen LogP contribution >= 0.6 is 0 Å². The average Bonchev–Trinajstić information content (AvgIpc) is 3.03. The number of ether oxygens (including phenoxy) is 1. The highest BCUT2D eigenvalue weighted by atomic mass is 19.4. The first-order valence-corrected chi connectivity index (χ1v) is 14.4. The summed E-state index contributed by atoms with van der Waals surface area (Å²) >= 11 is 0. The number of piperazine rings is 1. The fourth-order valence-electron chi connectivity index (χ4n) is 5.37. The monoisotopic (exact) mass is 612 g/mol. The summed E-state index contributed by atoms with van der Waals surface area (Å²) in [4.78, 5) is 42.8. The quantitative estimate of drug-likeness (QED) is 0.370. The molecule has 1 aromatic heterocycles. The van der Waals surface area contributed by atoms with E-state index in [1.54, 1.807) is 31.4 Å². The van der Waals surface area contributed by atoms with E-state index in [0.29, 0.717) is 48.5 Å². The highest BCUT2D eigenvalue weighted by molar-refractivity contribution is 6.07. The van der Waals surface area contributed by atoms with Gasteiger partial charge in [0.2, 0.25) is 5.95 Å². The van der Waals surface area contributed by atoms with Crippen LogP contribution in [0.3, 0.4) is 0 Å². The number of urea groups is 1. The number of anilines is 5. The first kappa shape index (κ1) is 30.9. The molecule has 234 valence electrons. The maximum atomic E-state index is 13.9. The number of halogens is 3. The summed E-state index contributed by atoms with van der Waals surface area (Å²) in [6, 6.07) is 7.86. The van der Waals surface area contributed by atoms with Crippen LogP contribution in [0.5, 0.6) is 5.75 Å². The Balaban J connectivity index is 1.45. The summed E-state index contributed by atoms with van der Waals surface area (Å²) in [5, 5.41) is 5.59. The van der Waals surface area contributed by atoms with E-state index in [9.17, 15) is 22.8 Å². The Bertz CT molecular complexity index is 1540. The Hall–Kier alpha value is -4.59. The minimum Gasteiger partial charge on any atom is -0.497 e. The molecule has 0 radical (unpaired) electrons. The van der Waals surface area contributed by atoms with Gasteiger partial charge in [-0.15, -0.1) is 0 Å². The molecule has 1 saturated heterocycles. The number of nitrogens with zero attached hydrogens (tertiary/aromatic N) is 6. The number of carbonyl (C=O) groups is 2. The number of benzene rings is 2. The zero-order chi connectivity index (χ0) is 31.6. The largest absolute Gasteiger partial charge is 0.497 e. The van der Waals surface area contributed by atoms with Gasteiger partial charge in [0.05, 0.1) is 24.9 Å². The van der Waals surface area contributed by atoms with E-state index >= 15 is 0 Å². The highest BCUT2D eigenvalue weighted by Crippen LogP contribution is 2.36. The van der Waals surface area contributed by atoms with Gasteiger partial charge in [-0.3, -0.25) is 14.6 Å². The lowest BCUT2D eigenvalue weighted by Gasteiger charge is -2.36. The molecule has 0 spiro atoms. The number of amides is 3. The van der Waals surface area contributed by atoms with Crippen LogP contribution in [0.4, 0.5) is 46.8 Å². The van der Waals surface area contributed by atoms with Crippen LogP contribution < -0.4 is 30.1 Å². The smallest absolute Gasteiger partial charge is 0.416 e. The number of rotatable bonds is 8. The molecule has 2 aliphatic heterocycles. The maximum Gasteiger partial charge on any atom is 0.416 e. The first-order valence-electron chi connectivity index (χ1n) is 14.4. The Morgan fingerprint density at radius 2 is 1.75 bits per heavy atom. The summed E-state index contributed by atoms with van der Waals surface area (Å²) in [5.74, 6) is 0.513. The van der Waals surface area contributed by atoms with Crippen LogP contribution in [0.25, 0.3) is 0 Å². The minimum atomic E-state index is -4.63. The van der Waals surface area contributed by atoms with Crippen LogP contribution in [-0.4, -0.2) is 80.2 Å². The van der Waals surface area contributed by atoms with Gasteiger partial charge in [0.1, 0.15) is 11.6 Å². The summed E-state index contributed by atoms with van der Waals surface area (Å²) in [5.41, 5.74) is 0.705. The first-order chi connectivity index (χ1) is 21.0. The third kappa shape index (κ3) is 6.34. The fourth-order valence-corrected chi connectivity index (χ4v) is 5.37. The SMILES string of the molecule is CCN1CCN(c2cc(C(=O)Nc3cc(OC)cc(N4Cc5cnc(NC)nc5N(CC)C4=O)c3)cc(C(F)(F)F)c2)CC1. The van der Waals surface area contributed by atoms with E-state index in [1.165, 1.54) is 23.0 Å². The van der Waals surface area contributed by atoms with E-state index in [4.69, 9.17) is 4.74 Å².